The highest BCUT2D eigenvalue weighted by Gasteiger charge is 2.08. The number of ether oxygens (including phenoxy) is 1. The van der Waals surface area contributed by atoms with Crippen molar-refractivity contribution in [3.05, 3.63) is 66.7 Å². The number of hydrogen-bond donors (Lipinski definition) is 0. The average Bonchev–Trinajstić information content (AvgIpc) is 3.09. The van der Waals surface area contributed by atoms with E-state index < -0.39 is 6.61 Å². The normalized spacial score (nSPS) is 11.2. The van der Waals surface area contributed by atoms with E-state index in [1.807, 2.05) is 18.3 Å². The summed E-state index contributed by atoms with van der Waals surface area (Å²) < 4.78 is 30.8. The van der Waals surface area contributed by atoms with Crippen molar-refractivity contribution in [3.63, 3.8) is 0 Å². The number of rotatable bonds is 5. The van der Waals surface area contributed by atoms with Crippen LogP contribution in [0.4, 0.5) is 8.78 Å². The van der Waals surface area contributed by atoms with Gasteiger partial charge in [-0.2, -0.15) is 13.9 Å². The number of pyridine rings is 1. The largest absolute Gasteiger partial charge is 0.435 e. The van der Waals surface area contributed by atoms with Gasteiger partial charge in [-0.1, -0.05) is 12.1 Å². The maximum Gasteiger partial charge on any atom is 0.387 e. The molecule has 0 N–H and O–H groups in total. The van der Waals surface area contributed by atoms with Crippen LogP contribution in [0.3, 0.4) is 0 Å². The molecule has 26 heavy (non-hydrogen) atoms. The molecule has 0 aliphatic carbocycles. The molecule has 0 saturated carbocycles. The second-order valence-corrected chi connectivity index (χ2v) is 5.55. The molecule has 3 heterocycles. The molecule has 8 heteroatoms. The van der Waals surface area contributed by atoms with Crippen molar-refractivity contribution >= 4 is 11.2 Å². The van der Waals surface area contributed by atoms with Gasteiger partial charge in [0.1, 0.15) is 11.3 Å². The van der Waals surface area contributed by atoms with E-state index in [-0.39, 0.29) is 5.75 Å². The molecule has 0 bridgehead atoms. The average molecular weight is 353 g/mol. The maximum absolute atomic E-state index is 12.3. The van der Waals surface area contributed by atoms with Gasteiger partial charge in [0.15, 0.2) is 5.65 Å². The van der Waals surface area contributed by atoms with Crippen LogP contribution in [0.5, 0.6) is 5.75 Å². The Morgan fingerprint density at radius 2 is 2.00 bits per heavy atom. The molecule has 0 atom stereocenters. The summed E-state index contributed by atoms with van der Waals surface area (Å²) in [7, 11) is 0. The van der Waals surface area contributed by atoms with Gasteiger partial charge in [0.25, 0.3) is 0 Å². The zero-order valence-electron chi connectivity index (χ0n) is 13.5. The van der Waals surface area contributed by atoms with Gasteiger partial charge >= 0.3 is 6.61 Å². The SMILES string of the molecule is FC(F)Oc1cccc(Cn2cc(-c3cnc4cccnc4n3)cn2)c1. The molecule has 0 aliphatic heterocycles. The van der Waals surface area contributed by atoms with Crippen LogP contribution in [0, 0.1) is 0 Å². The van der Waals surface area contributed by atoms with Crippen molar-refractivity contribution in [1.82, 2.24) is 24.7 Å². The third-order valence-corrected chi connectivity index (χ3v) is 3.72. The quantitative estimate of drug-likeness (QED) is 0.549. The lowest BCUT2D eigenvalue weighted by atomic mass is 10.2. The first-order chi connectivity index (χ1) is 12.7. The number of aromatic nitrogens is 5. The summed E-state index contributed by atoms with van der Waals surface area (Å²) in [6.45, 7) is -2.43. The second kappa shape index (κ2) is 6.83. The first kappa shape index (κ1) is 16.1. The third-order valence-electron chi connectivity index (χ3n) is 3.72. The molecule has 130 valence electrons. The summed E-state index contributed by atoms with van der Waals surface area (Å²) in [6.07, 6.45) is 6.83. The first-order valence-corrected chi connectivity index (χ1v) is 7.82. The lowest BCUT2D eigenvalue weighted by Gasteiger charge is -2.07. The Morgan fingerprint density at radius 3 is 2.88 bits per heavy atom. The molecule has 0 amide bonds. The summed E-state index contributed by atoms with van der Waals surface area (Å²) in [5, 5.41) is 4.30. The number of benzene rings is 1. The van der Waals surface area contributed by atoms with E-state index in [2.05, 4.69) is 24.8 Å². The van der Waals surface area contributed by atoms with Crippen LogP contribution in [0.25, 0.3) is 22.4 Å². The highest BCUT2D eigenvalue weighted by atomic mass is 19.3. The Balaban J connectivity index is 1.56. The standard InChI is InChI=1S/C18H13F2N5O/c19-18(20)26-14-4-1-3-12(7-14)10-25-11-13(8-23-25)16-9-22-15-5-2-6-21-17(15)24-16/h1-9,11,18H,10H2. The predicted octanol–water partition coefficient (Wildman–Crippen LogP) is 3.54. The summed E-state index contributed by atoms with van der Waals surface area (Å²) in [5.74, 6) is 0.122. The third kappa shape index (κ3) is 3.49. The fraction of sp³-hybridized carbons (Fsp3) is 0.111. The lowest BCUT2D eigenvalue weighted by molar-refractivity contribution is -0.0498. The topological polar surface area (TPSA) is 65.7 Å². The van der Waals surface area contributed by atoms with E-state index in [4.69, 9.17) is 0 Å². The van der Waals surface area contributed by atoms with Crippen LogP contribution in [-0.2, 0) is 6.54 Å². The van der Waals surface area contributed by atoms with Crippen molar-refractivity contribution in [2.24, 2.45) is 0 Å². The highest BCUT2D eigenvalue weighted by molar-refractivity contribution is 5.72. The molecule has 0 radical (unpaired) electrons. The van der Waals surface area contributed by atoms with Crippen LogP contribution >= 0.6 is 0 Å². The maximum atomic E-state index is 12.3. The molecule has 4 aromatic rings. The predicted molar refractivity (Wildman–Crippen MR) is 90.7 cm³/mol. The van der Waals surface area contributed by atoms with E-state index in [9.17, 15) is 8.78 Å². The summed E-state index contributed by atoms with van der Waals surface area (Å²) >= 11 is 0. The van der Waals surface area contributed by atoms with Gasteiger partial charge in [-0.3, -0.25) is 9.67 Å². The molecular formula is C18H13F2N5O. The van der Waals surface area contributed by atoms with E-state index >= 15 is 0 Å². The zero-order chi connectivity index (χ0) is 17.9. The van der Waals surface area contributed by atoms with Crippen molar-refractivity contribution in [1.29, 1.82) is 0 Å². The highest BCUT2D eigenvalue weighted by Crippen LogP contribution is 2.20. The molecule has 6 nitrogen and oxygen atoms in total. The molecule has 4 rings (SSSR count). The van der Waals surface area contributed by atoms with Gasteiger partial charge in [0, 0.05) is 18.0 Å². The van der Waals surface area contributed by atoms with E-state index in [0.29, 0.717) is 17.9 Å². The molecule has 0 aliphatic rings. The number of hydrogen-bond acceptors (Lipinski definition) is 5. The second-order valence-electron chi connectivity index (χ2n) is 5.55. The van der Waals surface area contributed by atoms with Crippen molar-refractivity contribution < 1.29 is 13.5 Å². The summed E-state index contributed by atoms with van der Waals surface area (Å²) in [4.78, 5) is 13.0. The van der Waals surface area contributed by atoms with E-state index in [0.717, 1.165) is 16.6 Å². The van der Waals surface area contributed by atoms with Crippen LogP contribution in [0.1, 0.15) is 5.56 Å². The van der Waals surface area contributed by atoms with Gasteiger partial charge in [-0.05, 0) is 29.8 Å². The van der Waals surface area contributed by atoms with Crippen LogP contribution in [-0.4, -0.2) is 31.3 Å². The molecule has 1 aromatic carbocycles. The molecular weight excluding hydrogens is 340 g/mol. The number of fused-ring (bicyclic) bond motifs is 1. The van der Waals surface area contributed by atoms with E-state index in [1.165, 1.54) is 6.07 Å². The van der Waals surface area contributed by atoms with Crippen molar-refractivity contribution in [2.75, 3.05) is 0 Å². The van der Waals surface area contributed by atoms with Gasteiger partial charge < -0.3 is 4.74 Å². The summed E-state index contributed by atoms with van der Waals surface area (Å²) in [5.41, 5.74) is 3.54. The monoisotopic (exact) mass is 353 g/mol. The Labute approximate surface area is 147 Å². The van der Waals surface area contributed by atoms with Crippen LogP contribution in [0.2, 0.25) is 0 Å². The number of nitrogens with zero attached hydrogens (tertiary/aromatic N) is 5. The minimum atomic E-state index is -2.85. The van der Waals surface area contributed by atoms with Gasteiger partial charge in [-0.15, -0.1) is 0 Å². The minimum Gasteiger partial charge on any atom is -0.435 e. The van der Waals surface area contributed by atoms with Crippen LogP contribution < -0.4 is 4.74 Å². The fourth-order valence-electron chi connectivity index (χ4n) is 2.58. The molecule has 3 aromatic heterocycles. The smallest absolute Gasteiger partial charge is 0.387 e. The number of alkyl halides is 2. The van der Waals surface area contributed by atoms with E-state index in [1.54, 1.807) is 41.5 Å². The lowest BCUT2D eigenvalue weighted by Crippen LogP contribution is -2.04. The van der Waals surface area contributed by atoms with Gasteiger partial charge in [0.05, 0.1) is 24.6 Å². The zero-order valence-corrected chi connectivity index (χ0v) is 13.5. The fourth-order valence-corrected chi connectivity index (χ4v) is 2.58. The Bertz CT molecular complexity index is 1050. The molecule has 0 spiro atoms. The number of halogens is 2. The molecule has 0 fully saturated rings. The van der Waals surface area contributed by atoms with Crippen LogP contribution in [0.15, 0.2) is 61.2 Å². The van der Waals surface area contributed by atoms with Crippen molar-refractivity contribution in [2.45, 2.75) is 13.2 Å². The van der Waals surface area contributed by atoms with Crippen molar-refractivity contribution in [3.8, 4) is 17.0 Å². The summed E-state index contributed by atoms with van der Waals surface area (Å²) in [6, 6.07) is 10.2. The minimum absolute atomic E-state index is 0.122. The Hall–Kier alpha value is -3.42. The Kier molecular flexibility index (Phi) is 4.22. The molecule has 0 unspecified atom stereocenters. The first-order valence-electron chi connectivity index (χ1n) is 7.82. The Morgan fingerprint density at radius 1 is 1.08 bits per heavy atom. The van der Waals surface area contributed by atoms with Gasteiger partial charge in [-0.25, -0.2) is 9.97 Å². The molecule has 0 saturated heterocycles. The van der Waals surface area contributed by atoms with Gasteiger partial charge in [0.2, 0.25) is 0 Å².